The molecule has 0 saturated carbocycles. The number of halogens is 1. The summed E-state index contributed by atoms with van der Waals surface area (Å²) in [6.45, 7) is 4.16. The Morgan fingerprint density at radius 2 is 1.83 bits per heavy atom. The highest BCUT2D eigenvalue weighted by Crippen LogP contribution is 2.40. The lowest BCUT2D eigenvalue weighted by molar-refractivity contribution is -0.170. The largest absolute Gasteiger partial charge is 0.459 e. The SMILES string of the molecule is CCO[C@H]1OC(C(=O)N2CCCCCCC2)=C[C@@H](c2ccc(Br)cc2)[C@H]1CCCO. The first-order valence-corrected chi connectivity index (χ1v) is 12.1. The van der Waals surface area contributed by atoms with Gasteiger partial charge in [-0.05, 0) is 56.4 Å². The van der Waals surface area contributed by atoms with E-state index in [0.717, 1.165) is 42.4 Å². The van der Waals surface area contributed by atoms with Gasteiger partial charge < -0.3 is 19.5 Å². The van der Waals surface area contributed by atoms with Crippen LogP contribution in [0.5, 0.6) is 0 Å². The molecule has 0 bridgehead atoms. The summed E-state index contributed by atoms with van der Waals surface area (Å²) in [4.78, 5) is 15.3. The van der Waals surface area contributed by atoms with E-state index < -0.39 is 6.29 Å². The number of benzene rings is 1. The third-order valence-corrected chi connectivity index (χ3v) is 6.55. The minimum absolute atomic E-state index is 0.00339. The average molecular weight is 480 g/mol. The molecule has 0 aliphatic carbocycles. The van der Waals surface area contributed by atoms with Crippen LogP contribution < -0.4 is 0 Å². The van der Waals surface area contributed by atoms with E-state index in [1.54, 1.807) is 0 Å². The normalized spacial score (nSPS) is 25.1. The number of hydrogen-bond donors (Lipinski definition) is 1. The molecule has 0 radical (unpaired) electrons. The fraction of sp³-hybridized carbons (Fsp3) is 0.625. The van der Waals surface area contributed by atoms with Crippen molar-refractivity contribution in [1.82, 2.24) is 4.90 Å². The number of carbonyl (C=O) groups is 1. The Morgan fingerprint density at radius 3 is 2.47 bits per heavy atom. The van der Waals surface area contributed by atoms with Crippen molar-refractivity contribution < 1.29 is 19.4 Å². The molecule has 1 fully saturated rings. The number of carbonyl (C=O) groups excluding carboxylic acids is 1. The zero-order valence-corrected chi connectivity index (χ0v) is 19.5. The van der Waals surface area contributed by atoms with E-state index in [-0.39, 0.29) is 24.3 Å². The summed E-state index contributed by atoms with van der Waals surface area (Å²) in [5.74, 6) is 0.428. The van der Waals surface area contributed by atoms with Crippen molar-refractivity contribution in [3.05, 3.63) is 46.1 Å². The van der Waals surface area contributed by atoms with E-state index in [0.29, 0.717) is 18.8 Å². The molecule has 1 N–H and O–H groups in total. The summed E-state index contributed by atoms with van der Waals surface area (Å²) in [6.07, 6.45) is 8.64. The van der Waals surface area contributed by atoms with Crippen molar-refractivity contribution in [3.8, 4) is 0 Å². The van der Waals surface area contributed by atoms with Crippen molar-refractivity contribution in [1.29, 1.82) is 0 Å². The number of nitrogens with zero attached hydrogens (tertiary/aromatic N) is 1. The van der Waals surface area contributed by atoms with Gasteiger partial charge in [-0.3, -0.25) is 4.79 Å². The number of hydrogen-bond acceptors (Lipinski definition) is 4. The molecule has 30 heavy (non-hydrogen) atoms. The number of likely N-dealkylation sites (tertiary alicyclic amines) is 1. The van der Waals surface area contributed by atoms with Gasteiger partial charge in [-0.15, -0.1) is 0 Å². The molecule has 6 heteroatoms. The van der Waals surface area contributed by atoms with Crippen LogP contribution in [0.4, 0.5) is 0 Å². The maximum atomic E-state index is 13.3. The van der Waals surface area contributed by atoms with Crippen LogP contribution in [-0.4, -0.2) is 48.5 Å². The second-order valence-electron chi connectivity index (χ2n) is 8.14. The third-order valence-electron chi connectivity index (χ3n) is 6.02. The van der Waals surface area contributed by atoms with Crippen LogP contribution in [0.25, 0.3) is 0 Å². The van der Waals surface area contributed by atoms with Crippen molar-refractivity contribution in [2.45, 2.75) is 64.1 Å². The van der Waals surface area contributed by atoms with Gasteiger partial charge in [0.05, 0.1) is 0 Å². The van der Waals surface area contributed by atoms with Crippen molar-refractivity contribution >= 4 is 21.8 Å². The quantitative estimate of drug-likeness (QED) is 0.598. The number of allylic oxidation sites excluding steroid dienone is 1. The lowest BCUT2D eigenvalue weighted by atomic mass is 9.80. The van der Waals surface area contributed by atoms with Crippen LogP contribution in [0.15, 0.2) is 40.6 Å². The second-order valence-corrected chi connectivity index (χ2v) is 9.06. The third kappa shape index (κ3) is 6.08. The zero-order valence-electron chi connectivity index (χ0n) is 17.9. The summed E-state index contributed by atoms with van der Waals surface area (Å²) in [6, 6.07) is 8.22. The van der Waals surface area contributed by atoms with Gasteiger partial charge in [0.25, 0.3) is 5.91 Å². The molecular weight excluding hydrogens is 446 g/mol. The van der Waals surface area contributed by atoms with Crippen molar-refractivity contribution in [2.24, 2.45) is 5.92 Å². The molecule has 0 spiro atoms. The van der Waals surface area contributed by atoms with Gasteiger partial charge in [-0.1, -0.05) is 47.3 Å². The number of aliphatic hydroxyl groups excluding tert-OH is 1. The topological polar surface area (TPSA) is 59.0 Å². The lowest BCUT2D eigenvalue weighted by Gasteiger charge is -2.38. The van der Waals surface area contributed by atoms with Crippen LogP contribution in [0, 0.1) is 5.92 Å². The molecule has 1 amide bonds. The van der Waals surface area contributed by atoms with Gasteiger partial charge in [0.1, 0.15) is 0 Å². The van der Waals surface area contributed by atoms with Gasteiger partial charge in [-0.25, -0.2) is 0 Å². The molecule has 1 aromatic carbocycles. The molecule has 0 aromatic heterocycles. The van der Waals surface area contributed by atoms with E-state index in [1.807, 2.05) is 30.0 Å². The number of ether oxygens (including phenoxy) is 2. The zero-order chi connectivity index (χ0) is 21.3. The highest BCUT2D eigenvalue weighted by molar-refractivity contribution is 9.10. The highest BCUT2D eigenvalue weighted by Gasteiger charge is 2.38. The molecule has 166 valence electrons. The Labute approximate surface area is 188 Å². The first-order chi connectivity index (χ1) is 14.6. The van der Waals surface area contributed by atoms with Gasteiger partial charge in [0, 0.05) is 42.6 Å². The Balaban J connectivity index is 1.90. The van der Waals surface area contributed by atoms with E-state index in [1.165, 1.54) is 19.3 Å². The molecule has 1 aromatic rings. The average Bonchev–Trinajstić information content (AvgIpc) is 2.72. The Morgan fingerprint density at radius 1 is 1.17 bits per heavy atom. The maximum Gasteiger partial charge on any atom is 0.288 e. The first-order valence-electron chi connectivity index (χ1n) is 11.3. The predicted octanol–water partition coefficient (Wildman–Crippen LogP) is 4.99. The summed E-state index contributed by atoms with van der Waals surface area (Å²) in [5.41, 5.74) is 1.13. The van der Waals surface area contributed by atoms with Crippen LogP contribution >= 0.6 is 15.9 Å². The molecular formula is C24H34BrNO4. The predicted molar refractivity (Wildman–Crippen MR) is 121 cm³/mol. The van der Waals surface area contributed by atoms with Crippen LogP contribution in [0.1, 0.15) is 63.4 Å². The molecule has 3 rings (SSSR count). The summed E-state index contributed by atoms with van der Waals surface area (Å²) >= 11 is 3.51. The lowest BCUT2D eigenvalue weighted by Crippen LogP contribution is -2.41. The fourth-order valence-electron chi connectivity index (χ4n) is 4.43. The molecule has 2 aliphatic rings. The van der Waals surface area contributed by atoms with Crippen LogP contribution in [0.3, 0.4) is 0 Å². The monoisotopic (exact) mass is 479 g/mol. The van der Waals surface area contributed by atoms with Crippen LogP contribution in [-0.2, 0) is 14.3 Å². The molecule has 5 nitrogen and oxygen atoms in total. The summed E-state index contributed by atoms with van der Waals surface area (Å²) in [7, 11) is 0. The van der Waals surface area contributed by atoms with Crippen molar-refractivity contribution in [3.63, 3.8) is 0 Å². The van der Waals surface area contributed by atoms with Crippen LogP contribution in [0.2, 0.25) is 0 Å². The maximum absolute atomic E-state index is 13.3. The Bertz CT molecular complexity index is 698. The minimum atomic E-state index is -0.492. The van der Waals surface area contributed by atoms with E-state index in [2.05, 4.69) is 28.1 Å². The second kappa shape index (κ2) is 11.9. The fourth-order valence-corrected chi connectivity index (χ4v) is 4.69. The van der Waals surface area contributed by atoms with E-state index >= 15 is 0 Å². The number of rotatable bonds is 7. The molecule has 1 saturated heterocycles. The Hall–Kier alpha value is -1.37. The number of amides is 1. The minimum Gasteiger partial charge on any atom is -0.459 e. The van der Waals surface area contributed by atoms with Gasteiger partial charge >= 0.3 is 0 Å². The smallest absolute Gasteiger partial charge is 0.288 e. The Kier molecular flexibility index (Phi) is 9.22. The molecule has 2 aliphatic heterocycles. The standard InChI is InChI=1S/C24H34BrNO4/c1-2-29-24-20(9-8-16-27)21(18-10-12-19(25)13-11-18)17-22(30-24)23(28)26-14-6-4-3-5-7-15-26/h10-13,17,20-21,24,27H,2-9,14-16H2,1H3/t20-,21+,24+/m1/s1. The van der Waals surface area contributed by atoms with E-state index in [9.17, 15) is 9.90 Å². The summed E-state index contributed by atoms with van der Waals surface area (Å²) < 4.78 is 13.1. The summed E-state index contributed by atoms with van der Waals surface area (Å²) in [5, 5.41) is 9.40. The van der Waals surface area contributed by atoms with Gasteiger partial charge in [0.2, 0.25) is 6.29 Å². The number of aliphatic hydroxyl groups is 1. The molecule has 2 heterocycles. The molecule has 0 unspecified atom stereocenters. The van der Waals surface area contributed by atoms with Gasteiger partial charge in [0.15, 0.2) is 5.76 Å². The van der Waals surface area contributed by atoms with Crippen molar-refractivity contribution in [2.75, 3.05) is 26.3 Å². The van der Waals surface area contributed by atoms with E-state index in [4.69, 9.17) is 9.47 Å². The molecule has 3 atom stereocenters. The first kappa shape index (κ1) is 23.3. The highest BCUT2D eigenvalue weighted by atomic mass is 79.9. The van der Waals surface area contributed by atoms with Gasteiger partial charge in [-0.2, -0.15) is 0 Å².